The molecule has 0 aromatic heterocycles. The Bertz CT molecular complexity index is 784. The Morgan fingerprint density at radius 1 is 0.718 bits per heavy atom. The summed E-state index contributed by atoms with van der Waals surface area (Å²) in [4.78, 5) is 61.7. The molecule has 5 N–H and O–H groups in total. The second kappa shape index (κ2) is 20.8. The first-order chi connectivity index (χ1) is 18.2. The predicted octanol–water partition coefficient (Wildman–Crippen LogP) is 1.28. The fourth-order valence-electron chi connectivity index (χ4n) is 3.00. The Balaban J connectivity index is 4.08. The summed E-state index contributed by atoms with van der Waals surface area (Å²) < 4.78 is 0. The van der Waals surface area contributed by atoms with Crippen LogP contribution in [-0.4, -0.2) is 96.8 Å². The van der Waals surface area contributed by atoms with E-state index < -0.39 is 11.9 Å². The molecule has 0 aromatic carbocycles. The third-order valence-corrected chi connectivity index (χ3v) is 8.94. The number of rotatable bonds is 20. The van der Waals surface area contributed by atoms with Gasteiger partial charge in [-0.3, -0.25) is 24.0 Å². The van der Waals surface area contributed by atoms with Crippen LogP contribution in [-0.2, 0) is 24.0 Å². The zero-order chi connectivity index (χ0) is 30.0. The molecule has 2 unspecified atom stereocenters. The third kappa shape index (κ3) is 19.7. The van der Waals surface area contributed by atoms with Crippen LogP contribution < -0.4 is 26.6 Å². The molecule has 0 aromatic rings. The van der Waals surface area contributed by atoms with Crippen molar-refractivity contribution in [3.63, 3.8) is 0 Å². The maximum Gasteiger partial charge on any atom is 0.242 e. The molecule has 0 spiro atoms. The van der Waals surface area contributed by atoms with Crippen molar-refractivity contribution in [2.24, 2.45) is 5.92 Å². The van der Waals surface area contributed by atoms with E-state index in [1.807, 2.05) is 27.7 Å². The Morgan fingerprint density at radius 3 is 1.97 bits per heavy atom. The molecule has 0 aliphatic heterocycles. The van der Waals surface area contributed by atoms with Crippen molar-refractivity contribution in [3.8, 4) is 0 Å². The number of hydrogen-bond donors (Lipinski definition) is 5. The van der Waals surface area contributed by atoms with Crippen molar-refractivity contribution in [3.05, 3.63) is 0 Å². The van der Waals surface area contributed by atoms with Gasteiger partial charge in [-0.05, 0) is 13.3 Å². The molecule has 0 bridgehead atoms. The maximum atomic E-state index is 12.3. The fraction of sp³-hybridized carbons (Fsp3) is 0.808. The van der Waals surface area contributed by atoms with Gasteiger partial charge in [-0.1, -0.05) is 63.1 Å². The molecule has 0 rings (SSSR count). The zero-order valence-corrected chi connectivity index (χ0v) is 26.5. The highest BCUT2D eigenvalue weighted by Gasteiger charge is 2.18. The van der Waals surface area contributed by atoms with Gasteiger partial charge >= 0.3 is 0 Å². The van der Waals surface area contributed by atoms with Crippen molar-refractivity contribution < 1.29 is 24.0 Å². The number of amides is 5. The molecule has 13 heteroatoms. The molecule has 0 radical (unpaired) electrons. The smallest absolute Gasteiger partial charge is 0.242 e. The van der Waals surface area contributed by atoms with Crippen molar-refractivity contribution in [2.75, 3.05) is 39.8 Å². The van der Waals surface area contributed by atoms with Crippen LogP contribution in [0.4, 0.5) is 0 Å². The van der Waals surface area contributed by atoms with E-state index in [0.717, 1.165) is 0 Å². The molecule has 39 heavy (non-hydrogen) atoms. The van der Waals surface area contributed by atoms with Gasteiger partial charge in [0.2, 0.25) is 29.5 Å². The minimum absolute atomic E-state index is 0.0294. The summed E-state index contributed by atoms with van der Waals surface area (Å²) in [6, 6.07) is -0.392. The molecule has 0 saturated carbocycles. The van der Waals surface area contributed by atoms with Crippen molar-refractivity contribution in [1.29, 1.82) is 0 Å². The van der Waals surface area contributed by atoms with E-state index in [-0.39, 0.29) is 59.6 Å². The standard InChI is InChI=1S/C26H50N6O5S2/c1-17(2)25(36)30-15-20(6)39-38-19(5)9-10-22(33)28-12-11-24(35)32(8)16-23(34)31-21(7)26(37)29-14-13-27-18(3)4/h17-21,27H,9-16H2,1-8H3,(H,28,33)(H,29,37)(H,30,36)(H,31,34)/t19?,20?,21-/m0/s1. The lowest BCUT2D eigenvalue weighted by Crippen LogP contribution is -2.49. The largest absolute Gasteiger partial charge is 0.356 e. The minimum atomic E-state index is -0.716. The van der Waals surface area contributed by atoms with Crippen LogP contribution in [0.25, 0.3) is 0 Å². The molecular weight excluding hydrogens is 540 g/mol. The third-order valence-electron chi connectivity index (χ3n) is 5.47. The van der Waals surface area contributed by atoms with Crippen LogP contribution >= 0.6 is 21.6 Å². The number of carbonyl (C=O) groups is 5. The lowest BCUT2D eigenvalue weighted by Gasteiger charge is -2.19. The summed E-state index contributed by atoms with van der Waals surface area (Å²) >= 11 is 0. The van der Waals surface area contributed by atoms with Crippen LogP contribution in [0.2, 0.25) is 0 Å². The van der Waals surface area contributed by atoms with E-state index in [2.05, 4.69) is 40.4 Å². The summed E-state index contributed by atoms with van der Waals surface area (Å²) in [5.74, 6) is -1.11. The first-order valence-corrected chi connectivity index (χ1v) is 15.9. The van der Waals surface area contributed by atoms with Crippen molar-refractivity contribution >= 4 is 51.1 Å². The Kier molecular flexibility index (Phi) is 19.8. The Labute approximate surface area is 242 Å². The van der Waals surface area contributed by atoms with Gasteiger partial charge in [-0.15, -0.1) is 0 Å². The van der Waals surface area contributed by atoms with E-state index >= 15 is 0 Å². The van der Waals surface area contributed by atoms with Crippen LogP contribution in [0, 0.1) is 5.92 Å². The summed E-state index contributed by atoms with van der Waals surface area (Å²) in [6.45, 7) is 15.2. The molecule has 226 valence electrons. The molecule has 0 aliphatic carbocycles. The van der Waals surface area contributed by atoms with Crippen molar-refractivity contribution in [1.82, 2.24) is 31.5 Å². The highest BCUT2D eigenvalue weighted by atomic mass is 33.1. The van der Waals surface area contributed by atoms with E-state index in [9.17, 15) is 24.0 Å². The Hall–Kier alpha value is -1.99. The SMILES string of the molecule is CC(C)NCCNC(=O)[C@H](C)NC(=O)CN(C)C(=O)CCNC(=O)CCC(C)SSC(C)CNC(=O)C(C)C. The number of hydrogen-bond acceptors (Lipinski definition) is 8. The van der Waals surface area contributed by atoms with Crippen LogP contribution in [0.3, 0.4) is 0 Å². The van der Waals surface area contributed by atoms with E-state index in [4.69, 9.17) is 0 Å². The summed E-state index contributed by atoms with van der Waals surface area (Å²) in [5.41, 5.74) is 0. The predicted molar refractivity (Wildman–Crippen MR) is 160 cm³/mol. The fourth-order valence-corrected chi connectivity index (χ4v) is 5.37. The van der Waals surface area contributed by atoms with E-state index in [1.165, 1.54) is 11.9 Å². The second-order valence-corrected chi connectivity index (χ2v) is 13.4. The maximum absolute atomic E-state index is 12.3. The zero-order valence-electron chi connectivity index (χ0n) is 24.8. The summed E-state index contributed by atoms with van der Waals surface area (Å²) in [5, 5.41) is 14.7. The van der Waals surface area contributed by atoms with Crippen LogP contribution in [0.1, 0.15) is 67.7 Å². The minimum Gasteiger partial charge on any atom is -0.356 e. The van der Waals surface area contributed by atoms with Crippen LogP contribution in [0.5, 0.6) is 0 Å². The summed E-state index contributed by atoms with van der Waals surface area (Å²) in [7, 11) is 4.90. The summed E-state index contributed by atoms with van der Waals surface area (Å²) in [6.07, 6.45) is 1.13. The highest BCUT2D eigenvalue weighted by Crippen LogP contribution is 2.32. The number of nitrogens with one attached hydrogen (secondary N) is 5. The lowest BCUT2D eigenvalue weighted by molar-refractivity contribution is -0.135. The van der Waals surface area contributed by atoms with Gasteiger partial charge in [-0.2, -0.15) is 0 Å². The molecular formula is C26H50N6O5S2. The van der Waals surface area contributed by atoms with E-state index in [1.54, 1.807) is 28.5 Å². The lowest BCUT2D eigenvalue weighted by atomic mass is 10.2. The van der Waals surface area contributed by atoms with Gasteiger partial charge in [0.25, 0.3) is 0 Å². The van der Waals surface area contributed by atoms with Gasteiger partial charge in [0.15, 0.2) is 0 Å². The molecule has 3 atom stereocenters. The molecule has 0 fully saturated rings. The van der Waals surface area contributed by atoms with Crippen LogP contribution in [0.15, 0.2) is 0 Å². The van der Waals surface area contributed by atoms with E-state index in [0.29, 0.717) is 38.5 Å². The van der Waals surface area contributed by atoms with Gasteiger partial charge in [-0.25, -0.2) is 0 Å². The highest BCUT2D eigenvalue weighted by molar-refractivity contribution is 8.77. The number of nitrogens with zero attached hydrogens (tertiary/aromatic N) is 1. The molecule has 5 amide bonds. The second-order valence-electron chi connectivity index (χ2n) is 10.3. The monoisotopic (exact) mass is 590 g/mol. The number of carbonyl (C=O) groups excluding carboxylic acids is 5. The van der Waals surface area contributed by atoms with Crippen molar-refractivity contribution in [2.45, 2.75) is 90.3 Å². The van der Waals surface area contributed by atoms with Gasteiger partial charge < -0.3 is 31.5 Å². The topological polar surface area (TPSA) is 149 Å². The average Bonchev–Trinajstić information content (AvgIpc) is 2.86. The van der Waals surface area contributed by atoms with Gasteiger partial charge in [0.05, 0.1) is 6.54 Å². The average molecular weight is 591 g/mol. The van der Waals surface area contributed by atoms with Gasteiger partial charge in [0, 0.05) is 68.5 Å². The molecule has 0 heterocycles. The number of likely N-dealkylation sites (N-methyl/N-ethyl adjacent to an activating group) is 1. The molecule has 0 saturated heterocycles. The molecule has 11 nitrogen and oxygen atoms in total. The normalized spacial score (nSPS) is 13.4. The quantitative estimate of drug-likeness (QED) is 0.105. The van der Waals surface area contributed by atoms with Gasteiger partial charge in [0.1, 0.15) is 6.04 Å². The Morgan fingerprint density at radius 2 is 1.36 bits per heavy atom. The molecule has 0 aliphatic rings. The first kappa shape index (κ1) is 37.0. The first-order valence-electron chi connectivity index (χ1n) is 13.6.